The lowest BCUT2D eigenvalue weighted by Gasteiger charge is -2.46. The first-order chi connectivity index (χ1) is 19.5. The summed E-state index contributed by atoms with van der Waals surface area (Å²) >= 11 is 3.67. The molecule has 2 atom stereocenters. The van der Waals surface area contributed by atoms with Gasteiger partial charge in [0.2, 0.25) is 0 Å². The normalized spacial score (nSPS) is 22.5. The summed E-state index contributed by atoms with van der Waals surface area (Å²) in [6, 6.07) is 35.3. The highest BCUT2D eigenvalue weighted by Gasteiger charge is 2.43. The Labute approximate surface area is 245 Å². The van der Waals surface area contributed by atoms with E-state index >= 15 is 0 Å². The van der Waals surface area contributed by atoms with Crippen molar-refractivity contribution in [3.05, 3.63) is 144 Å². The zero-order valence-electron chi connectivity index (χ0n) is 22.9. The first-order valence-electron chi connectivity index (χ1n) is 14.1. The van der Waals surface area contributed by atoms with Crippen molar-refractivity contribution in [1.82, 2.24) is 4.57 Å². The molecule has 0 fully saturated rings. The number of nitrogens with zero attached hydrogens (tertiary/aromatic N) is 1. The molecule has 2 unspecified atom stereocenters. The number of hydrogen-bond acceptors (Lipinski definition) is 0. The minimum Gasteiger partial charge on any atom is -0.312 e. The average molecular weight is 583 g/mol. The lowest BCUT2D eigenvalue weighted by Crippen LogP contribution is -2.37. The maximum absolute atomic E-state index is 3.67. The molecule has 5 aromatic rings. The molecule has 2 aliphatic carbocycles. The van der Waals surface area contributed by atoms with E-state index in [1.807, 2.05) is 0 Å². The van der Waals surface area contributed by atoms with Crippen molar-refractivity contribution in [2.45, 2.75) is 26.7 Å². The fourth-order valence-corrected chi connectivity index (χ4v) is 7.00. The molecule has 0 saturated carbocycles. The van der Waals surface area contributed by atoms with Crippen LogP contribution in [-0.2, 0) is 0 Å². The Kier molecular flexibility index (Phi) is 6.05. The third kappa shape index (κ3) is 4.05. The van der Waals surface area contributed by atoms with Crippen molar-refractivity contribution < 1.29 is 0 Å². The fourth-order valence-electron chi connectivity index (χ4n) is 6.60. The summed E-state index contributed by atoms with van der Waals surface area (Å²) in [4.78, 5) is 0. The first-order valence-corrected chi connectivity index (χ1v) is 14.9. The summed E-state index contributed by atoms with van der Waals surface area (Å²) < 4.78 is 3.65. The van der Waals surface area contributed by atoms with Gasteiger partial charge in [-0.3, -0.25) is 0 Å². The summed E-state index contributed by atoms with van der Waals surface area (Å²) in [6.45, 7) is 4.86. The molecule has 1 heterocycles. The van der Waals surface area contributed by atoms with E-state index in [0.29, 0.717) is 0 Å². The Balaban J connectivity index is 1.52. The van der Waals surface area contributed by atoms with Gasteiger partial charge in [0, 0.05) is 31.9 Å². The number of halogens is 1. The van der Waals surface area contributed by atoms with Crippen LogP contribution in [0.25, 0.3) is 44.2 Å². The van der Waals surface area contributed by atoms with Crippen LogP contribution in [-0.4, -0.2) is 4.57 Å². The highest BCUT2D eigenvalue weighted by molar-refractivity contribution is 9.10. The van der Waals surface area contributed by atoms with Crippen molar-refractivity contribution >= 4 is 49.0 Å². The van der Waals surface area contributed by atoms with Gasteiger partial charge < -0.3 is 4.57 Å². The van der Waals surface area contributed by atoms with Gasteiger partial charge in [0.05, 0.1) is 11.0 Å². The SMILES string of the molecule is CC1(C2(C)C=CC(c3ccccc3)=C(n3c4ccccc4c4ccc(-c5cccc(Br)c5)cc43)C2)C=CC=CC1. The van der Waals surface area contributed by atoms with Gasteiger partial charge in [-0.25, -0.2) is 0 Å². The van der Waals surface area contributed by atoms with E-state index in [2.05, 4.69) is 168 Å². The third-order valence-electron chi connectivity index (χ3n) is 9.21. The topological polar surface area (TPSA) is 4.93 Å². The molecule has 40 heavy (non-hydrogen) atoms. The van der Waals surface area contributed by atoms with Gasteiger partial charge in [0.25, 0.3) is 0 Å². The summed E-state index contributed by atoms with van der Waals surface area (Å²) in [5, 5.41) is 2.58. The predicted molar refractivity (Wildman–Crippen MR) is 175 cm³/mol. The van der Waals surface area contributed by atoms with Gasteiger partial charge in [-0.2, -0.15) is 0 Å². The second-order valence-corrected chi connectivity index (χ2v) is 12.6. The van der Waals surface area contributed by atoms with Gasteiger partial charge in [-0.1, -0.05) is 139 Å². The van der Waals surface area contributed by atoms with Crippen molar-refractivity contribution in [1.29, 1.82) is 0 Å². The van der Waals surface area contributed by atoms with Crippen LogP contribution in [0.15, 0.2) is 138 Å². The molecular weight excluding hydrogens is 550 g/mol. The van der Waals surface area contributed by atoms with Crippen molar-refractivity contribution in [3.8, 4) is 11.1 Å². The molecule has 0 saturated heterocycles. The number of allylic oxidation sites excluding steroid dienone is 8. The van der Waals surface area contributed by atoms with Crippen LogP contribution in [0, 0.1) is 10.8 Å². The molecule has 4 aromatic carbocycles. The largest absolute Gasteiger partial charge is 0.312 e. The van der Waals surface area contributed by atoms with Crippen LogP contribution in [0.5, 0.6) is 0 Å². The van der Waals surface area contributed by atoms with Crippen LogP contribution < -0.4 is 0 Å². The van der Waals surface area contributed by atoms with E-state index in [1.54, 1.807) is 0 Å². The van der Waals surface area contributed by atoms with Crippen molar-refractivity contribution in [2.24, 2.45) is 10.8 Å². The molecule has 196 valence electrons. The van der Waals surface area contributed by atoms with Crippen LogP contribution in [0.3, 0.4) is 0 Å². The molecule has 0 amide bonds. The van der Waals surface area contributed by atoms with Gasteiger partial charge >= 0.3 is 0 Å². The molecule has 1 aromatic heterocycles. The summed E-state index contributed by atoms with van der Waals surface area (Å²) in [6.07, 6.45) is 16.0. The minimum absolute atomic E-state index is 0.0337. The monoisotopic (exact) mass is 581 g/mol. The van der Waals surface area contributed by atoms with Gasteiger partial charge in [0.15, 0.2) is 0 Å². The summed E-state index contributed by atoms with van der Waals surface area (Å²) in [5.41, 5.74) is 8.86. The fraction of sp³-hybridized carbons (Fsp3) is 0.158. The zero-order valence-corrected chi connectivity index (χ0v) is 24.5. The molecule has 0 radical (unpaired) electrons. The molecule has 2 heteroatoms. The molecule has 0 spiro atoms. The minimum atomic E-state index is -0.0402. The molecule has 7 rings (SSSR count). The lowest BCUT2D eigenvalue weighted by molar-refractivity contribution is 0.186. The Morgan fingerprint density at radius 1 is 0.650 bits per heavy atom. The smallest absolute Gasteiger partial charge is 0.0544 e. The zero-order chi connectivity index (χ0) is 27.3. The highest BCUT2D eigenvalue weighted by atomic mass is 79.9. The average Bonchev–Trinajstić information content (AvgIpc) is 3.31. The van der Waals surface area contributed by atoms with E-state index in [9.17, 15) is 0 Å². The van der Waals surface area contributed by atoms with Crippen molar-refractivity contribution in [2.75, 3.05) is 0 Å². The maximum Gasteiger partial charge on any atom is 0.0544 e. The Morgan fingerprint density at radius 3 is 2.20 bits per heavy atom. The number of aromatic nitrogens is 1. The van der Waals surface area contributed by atoms with Crippen molar-refractivity contribution in [3.63, 3.8) is 0 Å². The Hall–Kier alpha value is -3.88. The number of para-hydroxylation sites is 1. The molecule has 1 nitrogen and oxygen atoms in total. The second kappa shape index (κ2) is 9.64. The van der Waals surface area contributed by atoms with E-state index in [-0.39, 0.29) is 10.8 Å². The summed E-state index contributed by atoms with van der Waals surface area (Å²) in [5.74, 6) is 0. The molecule has 2 aliphatic rings. The highest BCUT2D eigenvalue weighted by Crippen LogP contribution is 2.54. The molecule has 0 N–H and O–H groups in total. The summed E-state index contributed by atoms with van der Waals surface area (Å²) in [7, 11) is 0. The lowest BCUT2D eigenvalue weighted by atomic mass is 9.59. The third-order valence-corrected chi connectivity index (χ3v) is 9.70. The molecular formula is C38H32BrN. The van der Waals surface area contributed by atoms with E-state index in [1.165, 1.54) is 49.8 Å². The van der Waals surface area contributed by atoms with E-state index in [0.717, 1.165) is 17.3 Å². The van der Waals surface area contributed by atoms with Gasteiger partial charge in [-0.15, -0.1) is 0 Å². The van der Waals surface area contributed by atoms with Crippen LogP contribution >= 0.6 is 15.9 Å². The number of fused-ring (bicyclic) bond motifs is 3. The molecule has 0 aliphatic heterocycles. The Bertz CT molecular complexity index is 1880. The number of rotatable bonds is 4. The van der Waals surface area contributed by atoms with E-state index in [4.69, 9.17) is 0 Å². The number of benzene rings is 4. The molecule has 0 bridgehead atoms. The predicted octanol–water partition coefficient (Wildman–Crippen LogP) is 11.1. The number of hydrogen-bond donors (Lipinski definition) is 0. The van der Waals surface area contributed by atoms with Gasteiger partial charge in [0.1, 0.15) is 0 Å². The van der Waals surface area contributed by atoms with Crippen LogP contribution in [0.2, 0.25) is 0 Å². The maximum atomic E-state index is 3.67. The van der Waals surface area contributed by atoms with Crippen LogP contribution in [0.4, 0.5) is 0 Å². The van der Waals surface area contributed by atoms with E-state index < -0.39 is 0 Å². The first kappa shape index (κ1) is 25.1. The Morgan fingerprint density at radius 2 is 1.40 bits per heavy atom. The quantitative estimate of drug-likeness (QED) is 0.199. The standard InChI is InChI=1S/C38H32BrN/c1-37(21-9-4-10-22-37)38(2)23-20-31(27-12-5-3-6-13-27)36(26-38)40-34-17-8-7-16-32(34)33-19-18-29(25-35(33)40)28-14-11-15-30(39)24-28/h3-21,23-25H,22,26H2,1-2H3. The second-order valence-electron chi connectivity index (χ2n) is 11.7. The van der Waals surface area contributed by atoms with Crippen LogP contribution in [0.1, 0.15) is 32.3 Å². The van der Waals surface area contributed by atoms with Gasteiger partial charge in [-0.05, 0) is 59.2 Å².